The van der Waals surface area contributed by atoms with Crippen molar-refractivity contribution in [1.29, 1.82) is 0 Å². The molecule has 0 fully saturated rings. The number of nitrogens with zero attached hydrogens (tertiary/aromatic N) is 4. The van der Waals surface area contributed by atoms with Crippen molar-refractivity contribution in [2.45, 2.75) is 20.4 Å². The Morgan fingerprint density at radius 1 is 1.38 bits per heavy atom. The first kappa shape index (κ1) is 7.97. The molecule has 0 radical (unpaired) electrons. The minimum Gasteiger partial charge on any atom is -0.424 e. The van der Waals surface area contributed by atoms with E-state index < -0.39 is 0 Å². The van der Waals surface area contributed by atoms with E-state index in [4.69, 9.17) is 4.42 Å². The maximum atomic E-state index is 5.21. The molecule has 2 aromatic heterocycles. The Balaban J connectivity index is 2.14. The van der Waals surface area contributed by atoms with E-state index in [1.54, 1.807) is 11.6 Å². The molecule has 0 aromatic carbocycles. The second-order valence-electron chi connectivity index (χ2n) is 2.87. The molecule has 5 nitrogen and oxygen atoms in total. The molecule has 0 atom stereocenters. The molecule has 0 aliphatic heterocycles. The van der Waals surface area contributed by atoms with Gasteiger partial charge < -0.3 is 4.42 Å². The first-order valence-corrected chi connectivity index (χ1v) is 4.03. The van der Waals surface area contributed by atoms with Crippen molar-refractivity contribution >= 4 is 0 Å². The van der Waals surface area contributed by atoms with Gasteiger partial charge in [-0.2, -0.15) is 5.10 Å². The Morgan fingerprint density at radius 2 is 2.23 bits per heavy atom. The highest BCUT2D eigenvalue weighted by Crippen LogP contribution is 2.01. The molecule has 68 valence electrons. The molecule has 0 spiro atoms. The topological polar surface area (TPSA) is 56.7 Å². The Bertz CT molecular complexity index is 365. The van der Waals surface area contributed by atoms with Gasteiger partial charge in [0, 0.05) is 13.1 Å². The van der Waals surface area contributed by atoms with Crippen LogP contribution >= 0.6 is 0 Å². The van der Waals surface area contributed by atoms with Gasteiger partial charge in [0.1, 0.15) is 6.54 Å². The molecule has 2 rings (SSSR count). The van der Waals surface area contributed by atoms with Gasteiger partial charge in [-0.05, 0) is 13.0 Å². The smallest absolute Gasteiger partial charge is 0.237 e. The number of rotatable bonds is 2. The largest absolute Gasteiger partial charge is 0.424 e. The summed E-state index contributed by atoms with van der Waals surface area (Å²) in [4.78, 5) is 0. The zero-order chi connectivity index (χ0) is 9.26. The third-order valence-corrected chi connectivity index (χ3v) is 1.64. The summed E-state index contributed by atoms with van der Waals surface area (Å²) >= 11 is 0. The molecule has 5 heteroatoms. The van der Waals surface area contributed by atoms with Crippen LogP contribution in [0.25, 0.3) is 0 Å². The van der Waals surface area contributed by atoms with Gasteiger partial charge in [0.25, 0.3) is 0 Å². The third-order valence-electron chi connectivity index (χ3n) is 1.64. The van der Waals surface area contributed by atoms with Gasteiger partial charge in [0.2, 0.25) is 11.8 Å². The van der Waals surface area contributed by atoms with Gasteiger partial charge in [0.05, 0.1) is 5.69 Å². The zero-order valence-electron chi connectivity index (χ0n) is 7.56. The molecule has 0 aliphatic carbocycles. The summed E-state index contributed by atoms with van der Waals surface area (Å²) < 4.78 is 6.98. The molecule has 0 amide bonds. The molecule has 0 bridgehead atoms. The van der Waals surface area contributed by atoms with Gasteiger partial charge in [-0.3, -0.25) is 4.68 Å². The first-order chi connectivity index (χ1) is 6.24. The normalized spacial score (nSPS) is 10.6. The van der Waals surface area contributed by atoms with Crippen LogP contribution in [-0.4, -0.2) is 20.0 Å². The van der Waals surface area contributed by atoms with E-state index in [0.717, 1.165) is 5.69 Å². The third kappa shape index (κ3) is 1.74. The van der Waals surface area contributed by atoms with E-state index >= 15 is 0 Å². The molecule has 0 N–H and O–H groups in total. The van der Waals surface area contributed by atoms with Crippen LogP contribution in [0.3, 0.4) is 0 Å². The second kappa shape index (κ2) is 3.01. The molecule has 0 aliphatic rings. The van der Waals surface area contributed by atoms with Crippen LogP contribution in [0.2, 0.25) is 0 Å². The maximum Gasteiger partial charge on any atom is 0.237 e. The monoisotopic (exact) mass is 178 g/mol. The Labute approximate surface area is 75.4 Å². The van der Waals surface area contributed by atoms with Gasteiger partial charge in [-0.1, -0.05) is 0 Å². The van der Waals surface area contributed by atoms with Crippen molar-refractivity contribution in [3.05, 3.63) is 29.7 Å². The summed E-state index contributed by atoms with van der Waals surface area (Å²) in [5, 5.41) is 11.8. The van der Waals surface area contributed by atoms with Crippen molar-refractivity contribution in [3.8, 4) is 0 Å². The number of aromatic nitrogens is 4. The molecular formula is C8H10N4O. The summed E-state index contributed by atoms with van der Waals surface area (Å²) in [5.41, 5.74) is 0.983. The molecule has 0 saturated heterocycles. The highest BCUT2D eigenvalue weighted by Gasteiger charge is 2.03. The fraction of sp³-hybridized carbons (Fsp3) is 0.375. The maximum absolute atomic E-state index is 5.21. The minimum absolute atomic E-state index is 0.536. The second-order valence-corrected chi connectivity index (χ2v) is 2.87. The average molecular weight is 178 g/mol. The van der Waals surface area contributed by atoms with Crippen molar-refractivity contribution < 1.29 is 4.42 Å². The van der Waals surface area contributed by atoms with Crippen molar-refractivity contribution in [1.82, 2.24) is 20.0 Å². The average Bonchev–Trinajstić information content (AvgIpc) is 2.62. The molecule has 2 aromatic rings. The lowest BCUT2D eigenvalue weighted by molar-refractivity contribution is 0.444. The lowest BCUT2D eigenvalue weighted by Crippen LogP contribution is -2.00. The van der Waals surface area contributed by atoms with Crippen molar-refractivity contribution in [2.24, 2.45) is 0 Å². The molecule has 2 heterocycles. The Morgan fingerprint density at radius 3 is 2.77 bits per heavy atom. The fourth-order valence-electron chi connectivity index (χ4n) is 1.09. The van der Waals surface area contributed by atoms with Gasteiger partial charge in [-0.15, -0.1) is 10.2 Å². The SMILES string of the molecule is Cc1ccn(Cc2nnc(C)o2)n1. The van der Waals surface area contributed by atoms with Crippen LogP contribution in [0.5, 0.6) is 0 Å². The van der Waals surface area contributed by atoms with Crippen LogP contribution < -0.4 is 0 Å². The quantitative estimate of drug-likeness (QED) is 0.686. The van der Waals surface area contributed by atoms with E-state index in [0.29, 0.717) is 18.3 Å². The van der Waals surface area contributed by atoms with E-state index in [2.05, 4.69) is 15.3 Å². The molecule has 0 saturated carbocycles. The highest BCUT2D eigenvalue weighted by atomic mass is 16.4. The summed E-state index contributed by atoms with van der Waals surface area (Å²) in [6.07, 6.45) is 1.88. The number of aryl methyl sites for hydroxylation is 2. The lowest BCUT2D eigenvalue weighted by Gasteiger charge is -1.93. The predicted octanol–water partition coefficient (Wildman–Crippen LogP) is 0.931. The van der Waals surface area contributed by atoms with Gasteiger partial charge >= 0.3 is 0 Å². The summed E-state index contributed by atoms with van der Waals surface area (Å²) in [6.45, 7) is 4.25. The minimum atomic E-state index is 0.536. The lowest BCUT2D eigenvalue weighted by atomic mass is 10.5. The van der Waals surface area contributed by atoms with E-state index in [9.17, 15) is 0 Å². The number of hydrogen-bond donors (Lipinski definition) is 0. The van der Waals surface area contributed by atoms with E-state index in [1.807, 2.05) is 19.2 Å². The fourth-order valence-corrected chi connectivity index (χ4v) is 1.09. The van der Waals surface area contributed by atoms with Gasteiger partial charge in [0.15, 0.2) is 0 Å². The number of hydrogen-bond acceptors (Lipinski definition) is 4. The predicted molar refractivity (Wildman–Crippen MR) is 45.1 cm³/mol. The van der Waals surface area contributed by atoms with E-state index in [1.165, 1.54) is 0 Å². The summed E-state index contributed by atoms with van der Waals surface area (Å²) in [5.74, 6) is 1.17. The molecular weight excluding hydrogens is 168 g/mol. The van der Waals surface area contributed by atoms with Gasteiger partial charge in [-0.25, -0.2) is 0 Å². The highest BCUT2D eigenvalue weighted by molar-refractivity contribution is 4.96. The van der Waals surface area contributed by atoms with Crippen molar-refractivity contribution in [2.75, 3.05) is 0 Å². The summed E-state index contributed by atoms with van der Waals surface area (Å²) in [6, 6.07) is 1.93. The summed E-state index contributed by atoms with van der Waals surface area (Å²) in [7, 11) is 0. The standard InChI is InChI=1S/C8H10N4O/c1-6-3-4-12(11-6)5-8-10-9-7(2)13-8/h3-4H,5H2,1-2H3. The van der Waals surface area contributed by atoms with Crippen LogP contribution in [0.1, 0.15) is 17.5 Å². The van der Waals surface area contributed by atoms with Crippen LogP contribution in [0.15, 0.2) is 16.7 Å². The van der Waals surface area contributed by atoms with Crippen LogP contribution in [0.4, 0.5) is 0 Å². The first-order valence-electron chi connectivity index (χ1n) is 4.03. The van der Waals surface area contributed by atoms with Crippen LogP contribution in [-0.2, 0) is 6.54 Å². The zero-order valence-corrected chi connectivity index (χ0v) is 7.56. The molecule has 13 heavy (non-hydrogen) atoms. The Kier molecular flexibility index (Phi) is 1.84. The molecule has 0 unspecified atom stereocenters. The van der Waals surface area contributed by atoms with Crippen molar-refractivity contribution in [3.63, 3.8) is 0 Å². The Hall–Kier alpha value is -1.65. The van der Waals surface area contributed by atoms with Crippen LogP contribution in [0, 0.1) is 13.8 Å². The van der Waals surface area contributed by atoms with E-state index in [-0.39, 0.29) is 0 Å².